The summed E-state index contributed by atoms with van der Waals surface area (Å²) >= 11 is 1.81. The molecule has 1 heterocycles. The van der Waals surface area contributed by atoms with Crippen molar-refractivity contribution >= 4 is 11.8 Å². The van der Waals surface area contributed by atoms with Crippen molar-refractivity contribution in [3.8, 4) is 0 Å². The van der Waals surface area contributed by atoms with E-state index in [4.69, 9.17) is 5.73 Å². The molecule has 0 aromatic carbocycles. The van der Waals surface area contributed by atoms with Gasteiger partial charge in [0.25, 0.3) is 0 Å². The van der Waals surface area contributed by atoms with Crippen molar-refractivity contribution in [2.24, 2.45) is 5.73 Å². The zero-order valence-electron chi connectivity index (χ0n) is 8.59. The number of thioether (sulfide) groups is 1. The fraction of sp³-hybridized carbons (Fsp3) is 1.00. The molecule has 0 saturated carbocycles. The molecule has 6 heteroatoms. The Morgan fingerprint density at radius 3 is 2.33 bits per heavy atom. The van der Waals surface area contributed by atoms with Gasteiger partial charge in [0.15, 0.2) is 0 Å². The predicted octanol–water partition coefficient (Wildman–Crippen LogP) is 1.71. The van der Waals surface area contributed by atoms with E-state index in [1.54, 1.807) is 0 Å². The molecule has 1 fully saturated rings. The molecule has 1 aliphatic heterocycles. The van der Waals surface area contributed by atoms with Gasteiger partial charge in [0.1, 0.15) is 0 Å². The summed E-state index contributed by atoms with van der Waals surface area (Å²) in [6.07, 6.45) is -2.42. The predicted molar refractivity (Wildman–Crippen MR) is 57.0 cm³/mol. The lowest BCUT2D eigenvalue weighted by atomic mass is 10.1. The zero-order valence-corrected chi connectivity index (χ0v) is 9.41. The van der Waals surface area contributed by atoms with Crippen molar-refractivity contribution in [2.45, 2.75) is 25.1 Å². The van der Waals surface area contributed by atoms with Gasteiger partial charge in [0.05, 0.1) is 6.54 Å². The van der Waals surface area contributed by atoms with E-state index >= 15 is 0 Å². The largest absolute Gasteiger partial charge is 0.401 e. The molecule has 1 aliphatic rings. The van der Waals surface area contributed by atoms with Crippen LogP contribution < -0.4 is 5.73 Å². The van der Waals surface area contributed by atoms with E-state index < -0.39 is 12.7 Å². The quantitative estimate of drug-likeness (QED) is 0.813. The second-order valence-electron chi connectivity index (χ2n) is 3.72. The lowest BCUT2D eigenvalue weighted by molar-refractivity contribution is -0.150. The fourth-order valence-corrected chi connectivity index (χ4v) is 2.92. The van der Waals surface area contributed by atoms with Crippen LogP contribution >= 0.6 is 11.8 Å². The van der Waals surface area contributed by atoms with Gasteiger partial charge in [-0.25, -0.2) is 0 Å². The molecule has 0 aliphatic carbocycles. The highest BCUT2D eigenvalue weighted by atomic mass is 32.2. The van der Waals surface area contributed by atoms with Gasteiger partial charge < -0.3 is 5.73 Å². The van der Waals surface area contributed by atoms with Gasteiger partial charge in [-0.05, 0) is 24.3 Å². The molecule has 0 radical (unpaired) electrons. The number of nitrogens with zero attached hydrogens (tertiary/aromatic N) is 1. The van der Waals surface area contributed by atoms with E-state index in [2.05, 4.69) is 0 Å². The number of nitrogens with two attached hydrogens (primary N) is 1. The third-order valence-corrected chi connectivity index (χ3v) is 3.55. The van der Waals surface area contributed by atoms with Crippen LogP contribution in [0.2, 0.25) is 0 Å². The van der Waals surface area contributed by atoms with Crippen molar-refractivity contribution in [3.63, 3.8) is 0 Å². The Balaban J connectivity index is 2.47. The summed E-state index contributed by atoms with van der Waals surface area (Å²) in [6, 6.07) is 0.0661. The van der Waals surface area contributed by atoms with E-state index in [1.165, 1.54) is 4.90 Å². The van der Waals surface area contributed by atoms with Gasteiger partial charge in [-0.15, -0.1) is 0 Å². The van der Waals surface area contributed by atoms with Crippen LogP contribution in [-0.4, -0.2) is 48.3 Å². The molecule has 1 rings (SSSR count). The van der Waals surface area contributed by atoms with Crippen LogP contribution in [-0.2, 0) is 0 Å². The Morgan fingerprint density at radius 1 is 1.27 bits per heavy atom. The topological polar surface area (TPSA) is 29.3 Å². The SMILES string of the molecule is NCCN(CC(F)(F)F)C1CCSCC1. The van der Waals surface area contributed by atoms with Gasteiger partial charge >= 0.3 is 6.18 Å². The standard InChI is InChI=1S/C9H17F3N2S/c10-9(11,12)7-14(4-3-13)8-1-5-15-6-2-8/h8H,1-7,13H2. The van der Waals surface area contributed by atoms with E-state index in [0.29, 0.717) is 13.1 Å². The molecule has 0 atom stereocenters. The normalized spacial score (nSPS) is 19.8. The fourth-order valence-electron chi connectivity index (χ4n) is 1.84. The summed E-state index contributed by atoms with van der Waals surface area (Å²) < 4.78 is 36.9. The average Bonchev–Trinajstić information content (AvgIpc) is 2.17. The number of hydrogen-bond donors (Lipinski definition) is 1. The average molecular weight is 242 g/mol. The van der Waals surface area contributed by atoms with Crippen molar-refractivity contribution < 1.29 is 13.2 Å². The van der Waals surface area contributed by atoms with Crippen LogP contribution in [0.5, 0.6) is 0 Å². The van der Waals surface area contributed by atoms with Crippen molar-refractivity contribution in [3.05, 3.63) is 0 Å². The minimum atomic E-state index is -4.11. The van der Waals surface area contributed by atoms with Crippen molar-refractivity contribution in [1.82, 2.24) is 4.90 Å². The molecule has 1 saturated heterocycles. The number of alkyl halides is 3. The van der Waals surface area contributed by atoms with Gasteiger partial charge in [0.2, 0.25) is 0 Å². The van der Waals surface area contributed by atoms with Crippen LogP contribution in [0.15, 0.2) is 0 Å². The van der Waals surface area contributed by atoms with Gasteiger partial charge in [0, 0.05) is 19.1 Å². The number of halogens is 3. The van der Waals surface area contributed by atoms with Crippen molar-refractivity contribution in [1.29, 1.82) is 0 Å². The first-order valence-corrected chi connectivity index (χ1v) is 6.27. The number of hydrogen-bond acceptors (Lipinski definition) is 3. The molecular weight excluding hydrogens is 225 g/mol. The highest BCUT2D eigenvalue weighted by Crippen LogP contribution is 2.25. The third-order valence-electron chi connectivity index (χ3n) is 2.51. The first-order valence-electron chi connectivity index (χ1n) is 5.11. The molecule has 90 valence electrons. The zero-order chi connectivity index (χ0) is 11.3. The van der Waals surface area contributed by atoms with E-state index in [0.717, 1.165) is 24.3 Å². The smallest absolute Gasteiger partial charge is 0.329 e. The maximum atomic E-state index is 12.3. The van der Waals surface area contributed by atoms with Gasteiger partial charge in [-0.3, -0.25) is 4.90 Å². The molecule has 15 heavy (non-hydrogen) atoms. The summed E-state index contributed by atoms with van der Waals surface area (Å²) in [5, 5.41) is 0. The maximum absolute atomic E-state index is 12.3. The summed E-state index contributed by atoms with van der Waals surface area (Å²) in [7, 11) is 0. The molecule has 2 nitrogen and oxygen atoms in total. The van der Waals surface area contributed by atoms with Gasteiger partial charge in [-0.2, -0.15) is 24.9 Å². The highest BCUT2D eigenvalue weighted by molar-refractivity contribution is 7.99. The molecule has 0 unspecified atom stereocenters. The maximum Gasteiger partial charge on any atom is 0.401 e. The monoisotopic (exact) mass is 242 g/mol. The van der Waals surface area contributed by atoms with E-state index in [-0.39, 0.29) is 6.04 Å². The summed E-state index contributed by atoms with van der Waals surface area (Å²) in [4.78, 5) is 1.49. The lowest BCUT2D eigenvalue weighted by Gasteiger charge is -2.34. The molecule has 0 aromatic heterocycles. The minimum Gasteiger partial charge on any atom is -0.329 e. The summed E-state index contributed by atoms with van der Waals surface area (Å²) in [5.41, 5.74) is 5.34. The number of rotatable bonds is 4. The Kier molecular flexibility index (Phi) is 5.22. The lowest BCUT2D eigenvalue weighted by Crippen LogP contribution is -2.45. The van der Waals surface area contributed by atoms with Gasteiger partial charge in [-0.1, -0.05) is 0 Å². The minimum absolute atomic E-state index is 0.0661. The first-order chi connectivity index (χ1) is 7.03. The second-order valence-corrected chi connectivity index (χ2v) is 4.94. The highest BCUT2D eigenvalue weighted by Gasteiger charge is 2.33. The summed E-state index contributed by atoms with van der Waals surface area (Å²) in [6.45, 7) is -0.186. The van der Waals surface area contributed by atoms with Crippen LogP contribution in [0, 0.1) is 0 Å². The molecule has 0 aromatic rings. The van der Waals surface area contributed by atoms with E-state index in [1.807, 2.05) is 11.8 Å². The Bertz CT molecular complexity index is 181. The molecule has 0 bridgehead atoms. The first kappa shape index (κ1) is 13.1. The van der Waals surface area contributed by atoms with Crippen LogP contribution in [0.3, 0.4) is 0 Å². The van der Waals surface area contributed by atoms with Crippen LogP contribution in [0.25, 0.3) is 0 Å². The van der Waals surface area contributed by atoms with Crippen LogP contribution in [0.1, 0.15) is 12.8 Å². The Morgan fingerprint density at radius 2 is 1.87 bits per heavy atom. The Hall–Kier alpha value is 0.0600. The molecule has 0 amide bonds. The van der Waals surface area contributed by atoms with E-state index in [9.17, 15) is 13.2 Å². The Labute approximate surface area is 92.4 Å². The second kappa shape index (κ2) is 5.96. The summed E-state index contributed by atoms with van der Waals surface area (Å²) in [5.74, 6) is 1.92. The molecular formula is C9H17F3N2S. The third kappa shape index (κ3) is 5.08. The van der Waals surface area contributed by atoms with Crippen molar-refractivity contribution in [2.75, 3.05) is 31.1 Å². The molecule has 2 N–H and O–H groups in total. The molecule has 0 spiro atoms. The van der Waals surface area contributed by atoms with Crippen LogP contribution in [0.4, 0.5) is 13.2 Å².